The first-order valence-electron chi connectivity index (χ1n) is 6.87. The zero-order chi connectivity index (χ0) is 14.2. The third-order valence-electron chi connectivity index (χ3n) is 3.43. The second kappa shape index (κ2) is 5.33. The van der Waals surface area contributed by atoms with E-state index in [0.29, 0.717) is 0 Å². The molecular formula is C14H23N3O2. The number of morpholine rings is 1. The highest BCUT2D eigenvalue weighted by Crippen LogP contribution is 2.19. The highest BCUT2D eigenvalue weighted by molar-refractivity contribution is 5.34. The Balaban J connectivity index is 2.40. The van der Waals surface area contributed by atoms with Crippen molar-refractivity contribution >= 4 is 5.95 Å². The number of hydrogen-bond donors (Lipinski definition) is 0. The first kappa shape index (κ1) is 14.1. The van der Waals surface area contributed by atoms with E-state index in [0.717, 1.165) is 24.7 Å². The lowest BCUT2D eigenvalue weighted by molar-refractivity contribution is -0.00594. The summed E-state index contributed by atoms with van der Waals surface area (Å²) in [6.07, 6.45) is 0.312. The van der Waals surface area contributed by atoms with Gasteiger partial charge in [0.15, 0.2) is 0 Å². The van der Waals surface area contributed by atoms with Gasteiger partial charge in [-0.1, -0.05) is 13.8 Å². The van der Waals surface area contributed by atoms with E-state index >= 15 is 0 Å². The Kier molecular flexibility index (Phi) is 3.94. The zero-order valence-corrected chi connectivity index (χ0v) is 12.4. The third-order valence-corrected chi connectivity index (χ3v) is 3.43. The van der Waals surface area contributed by atoms with Crippen LogP contribution in [0.3, 0.4) is 0 Å². The van der Waals surface area contributed by atoms with E-state index in [9.17, 15) is 4.79 Å². The molecule has 0 saturated carbocycles. The van der Waals surface area contributed by atoms with E-state index < -0.39 is 0 Å². The van der Waals surface area contributed by atoms with E-state index in [1.165, 1.54) is 0 Å². The van der Waals surface area contributed by atoms with Crippen LogP contribution in [0.25, 0.3) is 0 Å². The van der Waals surface area contributed by atoms with Crippen molar-refractivity contribution in [2.75, 3.05) is 18.0 Å². The molecule has 1 fully saturated rings. The summed E-state index contributed by atoms with van der Waals surface area (Å²) < 4.78 is 7.35. The first-order chi connectivity index (χ1) is 8.88. The quantitative estimate of drug-likeness (QED) is 0.813. The van der Waals surface area contributed by atoms with Crippen LogP contribution in [-0.2, 0) is 11.8 Å². The lowest BCUT2D eigenvalue weighted by Crippen LogP contribution is -2.47. The largest absolute Gasteiger partial charge is 0.372 e. The number of aromatic nitrogens is 2. The minimum atomic E-state index is 0.000461. The van der Waals surface area contributed by atoms with Gasteiger partial charge >= 0.3 is 0 Å². The van der Waals surface area contributed by atoms with Crippen molar-refractivity contribution in [2.45, 2.75) is 45.8 Å². The Hall–Kier alpha value is -1.36. The molecule has 2 atom stereocenters. The van der Waals surface area contributed by atoms with Gasteiger partial charge in [-0.05, 0) is 19.8 Å². The molecule has 0 aromatic carbocycles. The number of hydrogen-bond acceptors (Lipinski definition) is 4. The van der Waals surface area contributed by atoms with Gasteiger partial charge in [-0.25, -0.2) is 4.98 Å². The first-order valence-corrected chi connectivity index (χ1v) is 6.87. The van der Waals surface area contributed by atoms with Crippen molar-refractivity contribution in [3.05, 3.63) is 22.1 Å². The molecule has 1 aromatic heterocycles. The van der Waals surface area contributed by atoms with Crippen LogP contribution in [-0.4, -0.2) is 34.8 Å². The Bertz CT molecular complexity index is 500. The maximum Gasteiger partial charge on any atom is 0.254 e. The monoisotopic (exact) mass is 265 g/mol. The summed E-state index contributed by atoms with van der Waals surface area (Å²) in [6, 6.07) is 1.63. The van der Waals surface area contributed by atoms with Crippen molar-refractivity contribution in [3.63, 3.8) is 0 Å². The molecule has 0 unspecified atom stereocenters. The minimum absolute atomic E-state index is 0.000461. The standard InChI is InChI=1S/C14H23N3O2/c1-9(2)12-6-13(18)16(5)14(15-12)17-7-10(3)19-11(4)8-17/h6,9-11H,7-8H2,1-5H3/t10-,11+. The number of anilines is 1. The predicted molar refractivity (Wildman–Crippen MR) is 75.8 cm³/mol. The van der Waals surface area contributed by atoms with E-state index in [4.69, 9.17) is 4.74 Å². The number of ether oxygens (including phenoxy) is 1. The predicted octanol–water partition coefficient (Wildman–Crippen LogP) is 1.52. The average molecular weight is 265 g/mol. The molecule has 1 aliphatic heterocycles. The molecule has 0 radical (unpaired) electrons. The molecule has 0 aliphatic carbocycles. The second-order valence-electron chi connectivity index (χ2n) is 5.70. The molecule has 1 saturated heterocycles. The molecule has 5 heteroatoms. The highest BCUT2D eigenvalue weighted by atomic mass is 16.5. The lowest BCUT2D eigenvalue weighted by atomic mass is 10.1. The van der Waals surface area contributed by atoms with Crippen LogP contribution < -0.4 is 10.5 Å². The van der Waals surface area contributed by atoms with Crippen molar-refractivity contribution in [1.82, 2.24) is 9.55 Å². The van der Waals surface area contributed by atoms with Gasteiger partial charge < -0.3 is 9.64 Å². The van der Waals surface area contributed by atoms with Crippen molar-refractivity contribution in [2.24, 2.45) is 7.05 Å². The Labute approximate surface area is 114 Å². The smallest absolute Gasteiger partial charge is 0.254 e. The summed E-state index contributed by atoms with van der Waals surface area (Å²) in [4.78, 5) is 18.8. The fraction of sp³-hybridized carbons (Fsp3) is 0.714. The van der Waals surface area contributed by atoms with Crippen LogP contribution in [0.4, 0.5) is 5.95 Å². The van der Waals surface area contributed by atoms with Crippen molar-refractivity contribution in [1.29, 1.82) is 0 Å². The molecule has 2 heterocycles. The van der Waals surface area contributed by atoms with E-state index in [1.54, 1.807) is 17.7 Å². The van der Waals surface area contributed by atoms with Gasteiger partial charge in [-0.3, -0.25) is 9.36 Å². The fourth-order valence-corrected chi connectivity index (χ4v) is 2.46. The molecule has 2 rings (SSSR count). The van der Waals surface area contributed by atoms with Gasteiger partial charge in [0.05, 0.1) is 17.9 Å². The summed E-state index contributed by atoms with van der Waals surface area (Å²) in [6.45, 7) is 9.74. The summed E-state index contributed by atoms with van der Waals surface area (Å²) in [5.74, 6) is 1.00. The van der Waals surface area contributed by atoms with E-state index in [1.807, 2.05) is 13.8 Å². The van der Waals surface area contributed by atoms with E-state index in [2.05, 4.69) is 23.7 Å². The van der Waals surface area contributed by atoms with Crippen molar-refractivity contribution in [3.8, 4) is 0 Å². The van der Waals surface area contributed by atoms with Gasteiger partial charge in [0.1, 0.15) is 0 Å². The molecular weight excluding hydrogens is 242 g/mol. The molecule has 5 nitrogen and oxygen atoms in total. The van der Waals surface area contributed by atoms with Crippen LogP contribution in [0.2, 0.25) is 0 Å². The molecule has 1 aromatic rings. The summed E-state index contributed by atoms with van der Waals surface area (Å²) >= 11 is 0. The topological polar surface area (TPSA) is 47.4 Å². The summed E-state index contributed by atoms with van der Waals surface area (Å²) in [5.41, 5.74) is 0.852. The normalized spacial score (nSPS) is 24.0. The fourth-order valence-electron chi connectivity index (χ4n) is 2.46. The SMILES string of the molecule is CC(C)c1cc(=O)n(C)c(N2C[C@@H](C)O[C@@H](C)C2)n1. The van der Waals surface area contributed by atoms with Gasteiger partial charge in [-0.2, -0.15) is 0 Å². The molecule has 0 bridgehead atoms. The van der Waals surface area contributed by atoms with E-state index in [-0.39, 0.29) is 23.7 Å². The summed E-state index contributed by atoms with van der Waals surface area (Å²) in [7, 11) is 1.78. The van der Waals surface area contributed by atoms with Gasteiger partial charge in [0, 0.05) is 26.2 Å². The van der Waals surface area contributed by atoms with Crippen LogP contribution in [0, 0.1) is 0 Å². The summed E-state index contributed by atoms with van der Waals surface area (Å²) in [5, 5.41) is 0. The van der Waals surface area contributed by atoms with Gasteiger partial charge in [0.2, 0.25) is 5.95 Å². The molecule has 0 amide bonds. The lowest BCUT2D eigenvalue weighted by Gasteiger charge is -2.36. The number of rotatable bonds is 2. The van der Waals surface area contributed by atoms with Crippen LogP contribution in [0.1, 0.15) is 39.3 Å². The van der Waals surface area contributed by atoms with Crippen LogP contribution in [0.5, 0.6) is 0 Å². The molecule has 1 aliphatic rings. The number of nitrogens with zero attached hydrogens (tertiary/aromatic N) is 3. The Morgan fingerprint density at radius 3 is 2.42 bits per heavy atom. The Morgan fingerprint density at radius 1 is 1.32 bits per heavy atom. The van der Waals surface area contributed by atoms with Crippen molar-refractivity contribution < 1.29 is 4.74 Å². The van der Waals surface area contributed by atoms with Gasteiger partial charge in [-0.15, -0.1) is 0 Å². The molecule has 0 N–H and O–H groups in total. The molecule has 19 heavy (non-hydrogen) atoms. The minimum Gasteiger partial charge on any atom is -0.372 e. The highest BCUT2D eigenvalue weighted by Gasteiger charge is 2.25. The van der Waals surface area contributed by atoms with Crippen LogP contribution in [0.15, 0.2) is 10.9 Å². The maximum absolute atomic E-state index is 12.0. The molecule has 106 valence electrons. The maximum atomic E-state index is 12.0. The average Bonchev–Trinajstić information content (AvgIpc) is 2.30. The van der Waals surface area contributed by atoms with Crippen LogP contribution >= 0.6 is 0 Å². The zero-order valence-electron chi connectivity index (χ0n) is 12.4. The second-order valence-corrected chi connectivity index (χ2v) is 5.70. The third kappa shape index (κ3) is 2.97. The molecule has 0 spiro atoms. The Morgan fingerprint density at radius 2 is 1.89 bits per heavy atom. The van der Waals surface area contributed by atoms with Gasteiger partial charge in [0.25, 0.3) is 5.56 Å².